The Hall–Kier alpha value is -2.67. The second kappa shape index (κ2) is 6.21. The molecule has 1 atom stereocenters. The molecule has 0 spiro atoms. The second-order valence-corrected chi connectivity index (χ2v) is 5.07. The van der Waals surface area contributed by atoms with Crippen molar-refractivity contribution in [3.05, 3.63) is 48.0 Å². The summed E-state index contributed by atoms with van der Waals surface area (Å²) in [4.78, 5) is 24.9. The number of furan rings is 1. The molecule has 2 aromatic rings. The fraction of sp³-hybridized carbons (Fsp3) is 0.250. The average molecular weight is 319 g/mol. The lowest BCUT2D eigenvalue weighted by Crippen LogP contribution is -2.52. The summed E-state index contributed by atoms with van der Waals surface area (Å²) in [5.41, 5.74) is 0.239. The van der Waals surface area contributed by atoms with E-state index in [1.54, 1.807) is 12.1 Å². The van der Waals surface area contributed by atoms with Gasteiger partial charge >= 0.3 is 5.97 Å². The van der Waals surface area contributed by atoms with Crippen molar-refractivity contribution in [3.8, 4) is 11.3 Å². The van der Waals surface area contributed by atoms with Gasteiger partial charge < -0.3 is 19.2 Å². The van der Waals surface area contributed by atoms with E-state index in [2.05, 4.69) is 0 Å². The largest absolute Gasteiger partial charge is 0.480 e. The van der Waals surface area contributed by atoms with Crippen LogP contribution in [0.4, 0.5) is 4.39 Å². The lowest BCUT2D eigenvalue weighted by atomic mass is 10.1. The molecule has 1 unspecified atom stereocenters. The van der Waals surface area contributed by atoms with Gasteiger partial charge in [-0.25, -0.2) is 9.18 Å². The van der Waals surface area contributed by atoms with Crippen molar-refractivity contribution in [1.82, 2.24) is 4.90 Å². The number of carbonyl (C=O) groups excluding carboxylic acids is 1. The number of aliphatic carboxylic acids is 1. The van der Waals surface area contributed by atoms with Crippen LogP contribution in [0, 0.1) is 5.82 Å². The van der Waals surface area contributed by atoms with Crippen molar-refractivity contribution in [2.75, 3.05) is 19.8 Å². The van der Waals surface area contributed by atoms with Gasteiger partial charge in [-0.05, 0) is 24.3 Å². The van der Waals surface area contributed by atoms with Crippen LogP contribution in [0.5, 0.6) is 0 Å². The highest BCUT2D eigenvalue weighted by molar-refractivity contribution is 5.95. The van der Waals surface area contributed by atoms with Gasteiger partial charge in [0.1, 0.15) is 11.6 Å². The van der Waals surface area contributed by atoms with E-state index in [0.717, 1.165) is 0 Å². The standard InChI is InChI=1S/C16H14FNO5/c17-11-4-2-1-3-10(11)13-5-6-14(23-13)15(19)18-7-8-22-9-12(18)16(20)21/h1-6,12H,7-9H2,(H,20,21). The number of nitrogens with zero attached hydrogens (tertiary/aromatic N) is 1. The molecule has 1 amide bonds. The van der Waals surface area contributed by atoms with Crippen molar-refractivity contribution >= 4 is 11.9 Å². The number of carbonyl (C=O) groups is 2. The van der Waals surface area contributed by atoms with Crippen LogP contribution in [0.1, 0.15) is 10.6 Å². The minimum Gasteiger partial charge on any atom is -0.480 e. The number of ether oxygens (including phenoxy) is 1. The maximum Gasteiger partial charge on any atom is 0.328 e. The lowest BCUT2D eigenvalue weighted by Gasteiger charge is -2.32. The van der Waals surface area contributed by atoms with Crippen LogP contribution < -0.4 is 0 Å². The lowest BCUT2D eigenvalue weighted by molar-refractivity contribution is -0.147. The van der Waals surface area contributed by atoms with Crippen molar-refractivity contribution < 1.29 is 28.2 Å². The highest BCUT2D eigenvalue weighted by Gasteiger charge is 2.34. The Morgan fingerprint density at radius 1 is 1.22 bits per heavy atom. The molecule has 3 rings (SSSR count). The number of hydrogen-bond acceptors (Lipinski definition) is 4. The zero-order chi connectivity index (χ0) is 16.4. The van der Waals surface area contributed by atoms with Crippen LogP contribution in [0.15, 0.2) is 40.8 Å². The van der Waals surface area contributed by atoms with E-state index in [1.165, 1.54) is 29.2 Å². The van der Waals surface area contributed by atoms with Crippen molar-refractivity contribution in [2.24, 2.45) is 0 Å². The summed E-state index contributed by atoms with van der Waals surface area (Å²) in [6.07, 6.45) is 0. The molecule has 6 nitrogen and oxygen atoms in total. The molecule has 7 heteroatoms. The number of rotatable bonds is 3. The number of amides is 1. The number of hydrogen-bond donors (Lipinski definition) is 1. The molecule has 23 heavy (non-hydrogen) atoms. The first-order chi connectivity index (χ1) is 11.1. The van der Waals surface area contributed by atoms with E-state index < -0.39 is 23.7 Å². The number of morpholine rings is 1. The molecule has 120 valence electrons. The third-order valence-corrected chi connectivity index (χ3v) is 3.63. The second-order valence-electron chi connectivity index (χ2n) is 5.07. The molecule has 0 bridgehead atoms. The molecule has 0 saturated carbocycles. The van der Waals surface area contributed by atoms with Crippen LogP contribution in [0.3, 0.4) is 0 Å². The molecule has 1 aliphatic rings. The molecule has 0 radical (unpaired) electrons. The summed E-state index contributed by atoms with van der Waals surface area (Å²) in [6, 6.07) is 7.89. The Balaban J connectivity index is 1.86. The third-order valence-electron chi connectivity index (χ3n) is 3.63. The Kier molecular flexibility index (Phi) is 4.12. The smallest absolute Gasteiger partial charge is 0.328 e. The first kappa shape index (κ1) is 15.2. The number of benzene rings is 1. The van der Waals surface area contributed by atoms with Crippen molar-refractivity contribution in [2.45, 2.75) is 6.04 Å². The Bertz CT molecular complexity index is 742. The number of halogens is 1. The highest BCUT2D eigenvalue weighted by atomic mass is 19.1. The molecule has 1 aliphatic heterocycles. The molecule has 1 aromatic heterocycles. The minimum absolute atomic E-state index is 0.0311. The topological polar surface area (TPSA) is 80.0 Å². The fourth-order valence-electron chi connectivity index (χ4n) is 2.45. The monoisotopic (exact) mass is 319 g/mol. The van der Waals surface area contributed by atoms with Gasteiger partial charge in [-0.15, -0.1) is 0 Å². The number of carboxylic acids is 1. The van der Waals surface area contributed by atoms with Crippen molar-refractivity contribution in [3.63, 3.8) is 0 Å². The predicted octanol–water partition coefficient (Wildman–Crippen LogP) is 2.01. The summed E-state index contributed by atoms with van der Waals surface area (Å²) in [6.45, 7) is 0.351. The first-order valence-corrected chi connectivity index (χ1v) is 7.04. The molecule has 1 aromatic carbocycles. The number of carboxylic acid groups (broad SMARTS) is 1. The summed E-state index contributed by atoms with van der Waals surface area (Å²) in [5, 5.41) is 9.17. The Morgan fingerprint density at radius 2 is 2.00 bits per heavy atom. The SMILES string of the molecule is O=C(O)C1COCCN1C(=O)c1ccc(-c2ccccc2F)o1. The maximum absolute atomic E-state index is 13.8. The normalized spacial score (nSPS) is 18.0. The van der Waals surface area contributed by atoms with E-state index in [4.69, 9.17) is 14.3 Å². The van der Waals surface area contributed by atoms with Gasteiger partial charge in [-0.3, -0.25) is 4.79 Å². The predicted molar refractivity (Wildman–Crippen MR) is 77.4 cm³/mol. The maximum atomic E-state index is 13.8. The molecule has 1 N–H and O–H groups in total. The van der Waals surface area contributed by atoms with Crippen LogP contribution in [-0.2, 0) is 9.53 Å². The van der Waals surface area contributed by atoms with E-state index in [0.29, 0.717) is 0 Å². The van der Waals surface area contributed by atoms with Gasteiger partial charge in [0.25, 0.3) is 5.91 Å². The van der Waals surface area contributed by atoms with E-state index >= 15 is 0 Å². The van der Waals surface area contributed by atoms with E-state index in [1.807, 2.05) is 0 Å². The first-order valence-electron chi connectivity index (χ1n) is 7.04. The molecule has 1 fully saturated rings. The van der Waals surface area contributed by atoms with Crippen LogP contribution in [0.25, 0.3) is 11.3 Å². The Labute approximate surface area is 131 Å². The van der Waals surface area contributed by atoms with E-state index in [9.17, 15) is 14.0 Å². The van der Waals surface area contributed by atoms with Gasteiger partial charge in [-0.2, -0.15) is 0 Å². The van der Waals surface area contributed by atoms with Gasteiger partial charge in [0.2, 0.25) is 0 Å². The summed E-state index contributed by atoms with van der Waals surface area (Å²) in [5.74, 6) is -1.97. The summed E-state index contributed by atoms with van der Waals surface area (Å²) < 4.78 is 24.3. The molecule has 1 saturated heterocycles. The van der Waals surface area contributed by atoms with Crippen LogP contribution in [-0.4, -0.2) is 47.7 Å². The molecule has 2 heterocycles. The zero-order valence-electron chi connectivity index (χ0n) is 12.1. The van der Waals surface area contributed by atoms with Crippen molar-refractivity contribution in [1.29, 1.82) is 0 Å². The summed E-state index contributed by atoms with van der Waals surface area (Å²) >= 11 is 0. The zero-order valence-corrected chi connectivity index (χ0v) is 12.1. The average Bonchev–Trinajstić information content (AvgIpc) is 3.04. The van der Waals surface area contributed by atoms with Crippen LogP contribution in [0.2, 0.25) is 0 Å². The van der Waals surface area contributed by atoms with E-state index in [-0.39, 0.29) is 36.8 Å². The quantitative estimate of drug-likeness (QED) is 0.936. The van der Waals surface area contributed by atoms with Gasteiger partial charge in [-0.1, -0.05) is 12.1 Å². The molecule has 0 aliphatic carbocycles. The van der Waals surface area contributed by atoms with Gasteiger partial charge in [0.05, 0.1) is 18.8 Å². The minimum atomic E-state index is -1.14. The summed E-state index contributed by atoms with van der Waals surface area (Å²) in [7, 11) is 0. The molecular weight excluding hydrogens is 305 g/mol. The van der Waals surface area contributed by atoms with Crippen LogP contribution >= 0.6 is 0 Å². The Morgan fingerprint density at radius 3 is 2.74 bits per heavy atom. The van der Waals surface area contributed by atoms with Gasteiger partial charge in [0, 0.05) is 6.54 Å². The highest BCUT2D eigenvalue weighted by Crippen LogP contribution is 2.26. The van der Waals surface area contributed by atoms with Gasteiger partial charge in [0.15, 0.2) is 11.8 Å². The third kappa shape index (κ3) is 2.95. The fourth-order valence-corrected chi connectivity index (χ4v) is 2.45. The molecular formula is C16H14FNO5.